The van der Waals surface area contributed by atoms with Crippen molar-refractivity contribution >= 4 is 51.8 Å². The molecule has 1 aromatic rings. The molecule has 7 nitrogen and oxygen atoms in total. The molecule has 0 spiro atoms. The Balaban J connectivity index is 0.00000729. The van der Waals surface area contributed by atoms with Crippen LogP contribution in [0.1, 0.15) is 18.4 Å². The number of ether oxygens (including phenoxy) is 2. The van der Waals surface area contributed by atoms with Gasteiger partial charge in [-0.05, 0) is 18.1 Å². The van der Waals surface area contributed by atoms with Crippen LogP contribution in [-0.2, 0) is 20.8 Å². The minimum Gasteiger partial charge on any atom is -0.382 e. The Labute approximate surface area is 193 Å². The van der Waals surface area contributed by atoms with Gasteiger partial charge in [-0.1, -0.05) is 34.1 Å². The summed E-state index contributed by atoms with van der Waals surface area (Å²) in [6.07, 6.45) is 1.28. The molecule has 0 aromatic heterocycles. The first kappa shape index (κ1) is 27.1. The standard InChI is InChI=1S/C19H31BrN4O3.HI/c1-21-19(22-10-6-12-27-14-13-26-3)23-11-9-18(25)24(2)15-16-7-4-5-8-17(16)20;/h4-5,7-8H,6,9-15H2,1-3H3,(H2,21,22,23);1H. The number of methoxy groups -OCH3 is 1. The van der Waals surface area contributed by atoms with Crippen molar-refractivity contribution in [2.45, 2.75) is 19.4 Å². The van der Waals surface area contributed by atoms with Gasteiger partial charge in [0.15, 0.2) is 5.96 Å². The Morgan fingerprint density at radius 1 is 1.18 bits per heavy atom. The highest BCUT2D eigenvalue weighted by atomic mass is 127. The van der Waals surface area contributed by atoms with E-state index in [0.717, 1.165) is 23.0 Å². The van der Waals surface area contributed by atoms with E-state index in [-0.39, 0.29) is 29.9 Å². The number of nitrogens with one attached hydrogen (secondary N) is 2. The second-order valence-electron chi connectivity index (χ2n) is 5.98. The van der Waals surface area contributed by atoms with Gasteiger partial charge in [0, 0.05) is 58.3 Å². The maximum Gasteiger partial charge on any atom is 0.224 e. The van der Waals surface area contributed by atoms with E-state index in [4.69, 9.17) is 9.47 Å². The molecule has 28 heavy (non-hydrogen) atoms. The highest BCUT2D eigenvalue weighted by Gasteiger charge is 2.10. The van der Waals surface area contributed by atoms with Crippen molar-refractivity contribution in [1.82, 2.24) is 15.5 Å². The van der Waals surface area contributed by atoms with Crippen LogP contribution in [-0.4, -0.2) is 70.9 Å². The Hall–Kier alpha value is -0.910. The number of hydrogen-bond acceptors (Lipinski definition) is 4. The summed E-state index contributed by atoms with van der Waals surface area (Å²) in [6.45, 7) is 3.76. The zero-order valence-corrected chi connectivity index (χ0v) is 20.8. The van der Waals surface area contributed by atoms with Crippen molar-refractivity contribution in [3.8, 4) is 0 Å². The highest BCUT2D eigenvalue weighted by molar-refractivity contribution is 14.0. The molecule has 1 rings (SSSR count). The molecule has 0 bridgehead atoms. The summed E-state index contributed by atoms with van der Waals surface area (Å²) < 4.78 is 11.3. The Kier molecular flexibility index (Phi) is 16.4. The molecule has 0 fully saturated rings. The molecule has 9 heteroatoms. The van der Waals surface area contributed by atoms with Crippen LogP contribution in [0, 0.1) is 0 Å². The number of carbonyl (C=O) groups is 1. The average Bonchev–Trinajstić information content (AvgIpc) is 2.67. The summed E-state index contributed by atoms with van der Waals surface area (Å²) in [6, 6.07) is 7.92. The summed E-state index contributed by atoms with van der Waals surface area (Å²) in [4.78, 5) is 18.2. The monoisotopic (exact) mass is 570 g/mol. The largest absolute Gasteiger partial charge is 0.382 e. The fourth-order valence-corrected chi connectivity index (χ4v) is 2.71. The van der Waals surface area contributed by atoms with Gasteiger partial charge in [-0.25, -0.2) is 0 Å². The van der Waals surface area contributed by atoms with Crippen LogP contribution in [0.15, 0.2) is 33.7 Å². The molecule has 0 unspecified atom stereocenters. The molecule has 0 atom stereocenters. The number of carbonyl (C=O) groups excluding carboxylic acids is 1. The molecule has 0 heterocycles. The van der Waals surface area contributed by atoms with Crippen molar-refractivity contribution in [2.24, 2.45) is 4.99 Å². The first-order valence-corrected chi connectivity index (χ1v) is 9.86. The van der Waals surface area contributed by atoms with Gasteiger partial charge in [-0.2, -0.15) is 0 Å². The zero-order chi connectivity index (χ0) is 19.9. The summed E-state index contributed by atoms with van der Waals surface area (Å²) in [5, 5.41) is 6.37. The lowest BCUT2D eigenvalue weighted by Gasteiger charge is -2.19. The van der Waals surface area contributed by atoms with Crippen LogP contribution >= 0.6 is 39.9 Å². The fraction of sp³-hybridized carbons (Fsp3) is 0.579. The van der Waals surface area contributed by atoms with Crippen molar-refractivity contribution < 1.29 is 14.3 Å². The maximum absolute atomic E-state index is 12.3. The molecular formula is C19H32BrIN4O3. The average molecular weight is 571 g/mol. The van der Waals surface area contributed by atoms with Crippen molar-refractivity contribution in [1.29, 1.82) is 0 Å². The number of nitrogens with zero attached hydrogens (tertiary/aromatic N) is 2. The third-order valence-corrected chi connectivity index (χ3v) is 4.61. The third-order valence-electron chi connectivity index (χ3n) is 3.84. The topological polar surface area (TPSA) is 75.2 Å². The number of aliphatic imine (C=N–C) groups is 1. The van der Waals surface area contributed by atoms with Gasteiger partial charge in [-0.15, -0.1) is 24.0 Å². The van der Waals surface area contributed by atoms with E-state index in [2.05, 4.69) is 31.6 Å². The van der Waals surface area contributed by atoms with Crippen LogP contribution in [0.2, 0.25) is 0 Å². The third kappa shape index (κ3) is 11.8. The van der Waals surface area contributed by atoms with Gasteiger partial charge in [0.2, 0.25) is 5.91 Å². The molecule has 1 amide bonds. The summed E-state index contributed by atoms with van der Waals surface area (Å²) in [5.74, 6) is 0.772. The lowest BCUT2D eigenvalue weighted by atomic mass is 10.2. The molecule has 0 aliphatic heterocycles. The van der Waals surface area contributed by atoms with E-state index >= 15 is 0 Å². The van der Waals surface area contributed by atoms with Crippen LogP contribution in [0.5, 0.6) is 0 Å². The van der Waals surface area contributed by atoms with E-state index in [0.29, 0.717) is 45.3 Å². The molecular weight excluding hydrogens is 539 g/mol. The maximum atomic E-state index is 12.3. The quantitative estimate of drug-likeness (QED) is 0.175. The van der Waals surface area contributed by atoms with Gasteiger partial charge < -0.3 is 25.0 Å². The molecule has 0 aliphatic rings. The van der Waals surface area contributed by atoms with E-state index in [9.17, 15) is 4.79 Å². The second kappa shape index (κ2) is 17.0. The molecule has 0 radical (unpaired) electrons. The van der Waals surface area contributed by atoms with Gasteiger partial charge in [-0.3, -0.25) is 9.79 Å². The zero-order valence-electron chi connectivity index (χ0n) is 16.9. The molecule has 0 saturated heterocycles. The van der Waals surface area contributed by atoms with E-state index < -0.39 is 0 Å². The Bertz CT molecular complexity index is 590. The van der Waals surface area contributed by atoms with Gasteiger partial charge >= 0.3 is 0 Å². The normalized spacial score (nSPS) is 10.9. The van der Waals surface area contributed by atoms with Crippen molar-refractivity contribution in [3.63, 3.8) is 0 Å². The number of guanidine groups is 1. The molecule has 0 aliphatic carbocycles. The van der Waals surface area contributed by atoms with Crippen LogP contribution < -0.4 is 10.6 Å². The first-order chi connectivity index (χ1) is 13.1. The smallest absolute Gasteiger partial charge is 0.224 e. The van der Waals surface area contributed by atoms with Gasteiger partial charge in [0.05, 0.1) is 13.2 Å². The van der Waals surface area contributed by atoms with Gasteiger partial charge in [0.1, 0.15) is 0 Å². The van der Waals surface area contributed by atoms with E-state index in [1.165, 1.54) is 0 Å². The highest BCUT2D eigenvalue weighted by Crippen LogP contribution is 2.17. The lowest BCUT2D eigenvalue weighted by molar-refractivity contribution is -0.130. The Morgan fingerprint density at radius 3 is 2.57 bits per heavy atom. The molecule has 0 saturated carbocycles. The van der Waals surface area contributed by atoms with Crippen molar-refractivity contribution in [3.05, 3.63) is 34.3 Å². The first-order valence-electron chi connectivity index (χ1n) is 9.07. The van der Waals surface area contributed by atoms with E-state index in [1.807, 2.05) is 31.3 Å². The number of rotatable bonds is 12. The van der Waals surface area contributed by atoms with Crippen LogP contribution in [0.25, 0.3) is 0 Å². The predicted molar refractivity (Wildman–Crippen MR) is 127 cm³/mol. The number of amides is 1. The summed E-state index contributed by atoms with van der Waals surface area (Å²) in [7, 11) is 5.19. The van der Waals surface area contributed by atoms with Crippen LogP contribution in [0.4, 0.5) is 0 Å². The number of hydrogen-bond donors (Lipinski definition) is 2. The van der Waals surface area contributed by atoms with Gasteiger partial charge in [0.25, 0.3) is 0 Å². The number of halogens is 2. The summed E-state index contributed by atoms with van der Waals surface area (Å²) in [5.41, 5.74) is 1.09. The summed E-state index contributed by atoms with van der Waals surface area (Å²) >= 11 is 3.51. The van der Waals surface area contributed by atoms with E-state index in [1.54, 1.807) is 19.1 Å². The molecule has 2 N–H and O–H groups in total. The minimum atomic E-state index is 0. The SMILES string of the molecule is CN=C(NCCCOCCOC)NCCC(=O)N(C)Cc1ccccc1Br.I. The predicted octanol–water partition coefficient (Wildman–Crippen LogP) is 2.63. The molecule has 160 valence electrons. The fourth-order valence-electron chi connectivity index (χ4n) is 2.29. The number of benzene rings is 1. The second-order valence-corrected chi connectivity index (χ2v) is 6.83. The Morgan fingerprint density at radius 2 is 1.89 bits per heavy atom. The van der Waals surface area contributed by atoms with Crippen LogP contribution in [0.3, 0.4) is 0 Å². The lowest BCUT2D eigenvalue weighted by Crippen LogP contribution is -2.40. The van der Waals surface area contributed by atoms with Crippen molar-refractivity contribution in [2.75, 3.05) is 54.1 Å². The molecule has 1 aromatic carbocycles. The minimum absolute atomic E-state index is 0.